The van der Waals surface area contributed by atoms with E-state index in [2.05, 4.69) is 46.5 Å². The van der Waals surface area contributed by atoms with E-state index in [4.69, 9.17) is 0 Å². The topological polar surface area (TPSA) is 37.3 Å². The number of aromatic nitrogens is 1. The first-order valence-corrected chi connectivity index (χ1v) is 7.48. The molecule has 4 heteroatoms. The quantitative estimate of drug-likeness (QED) is 0.932. The van der Waals surface area contributed by atoms with Crippen LogP contribution in [0.25, 0.3) is 10.9 Å². The molecule has 98 valence electrons. The predicted octanol–water partition coefficient (Wildman–Crippen LogP) is 2.86. The molecule has 0 amide bonds. The monoisotopic (exact) mass is 271 g/mol. The lowest BCUT2D eigenvalue weighted by Gasteiger charge is -2.08. The molecule has 2 aromatic rings. The van der Waals surface area contributed by atoms with E-state index in [1.807, 2.05) is 24.0 Å². The second-order valence-corrected chi connectivity index (χ2v) is 6.17. The van der Waals surface area contributed by atoms with Gasteiger partial charge in [-0.05, 0) is 18.1 Å². The molecule has 0 spiro atoms. The van der Waals surface area contributed by atoms with Crippen molar-refractivity contribution in [1.82, 2.24) is 10.3 Å². The Morgan fingerprint density at radius 3 is 3.05 bits per heavy atom. The zero-order chi connectivity index (χ0) is 13.1. The molecule has 1 N–H and O–H groups in total. The number of nitrogens with one attached hydrogen (secondary N) is 1. The van der Waals surface area contributed by atoms with E-state index in [0.29, 0.717) is 5.25 Å². The van der Waals surface area contributed by atoms with Gasteiger partial charge in [0.15, 0.2) is 5.17 Å². The van der Waals surface area contributed by atoms with Gasteiger partial charge in [-0.25, -0.2) is 0 Å². The van der Waals surface area contributed by atoms with Crippen LogP contribution in [0.5, 0.6) is 0 Å². The van der Waals surface area contributed by atoms with E-state index in [1.54, 1.807) is 0 Å². The summed E-state index contributed by atoms with van der Waals surface area (Å²) in [5.41, 5.74) is 2.41. The van der Waals surface area contributed by atoms with Crippen LogP contribution in [0.2, 0.25) is 0 Å². The van der Waals surface area contributed by atoms with Crippen molar-refractivity contribution in [3.8, 4) is 0 Å². The van der Waals surface area contributed by atoms with Crippen LogP contribution in [0.3, 0.4) is 0 Å². The van der Waals surface area contributed by atoms with E-state index in [9.17, 15) is 0 Å². The number of fused-ring (bicyclic) bond motifs is 1. The van der Waals surface area contributed by atoms with E-state index in [1.165, 1.54) is 10.9 Å². The first-order chi connectivity index (χ1) is 9.33. The molecule has 0 bridgehead atoms. The molecule has 0 saturated heterocycles. The van der Waals surface area contributed by atoms with Crippen LogP contribution < -0.4 is 5.32 Å². The molecule has 19 heavy (non-hydrogen) atoms. The Morgan fingerprint density at radius 1 is 1.32 bits per heavy atom. The molecule has 3 nitrogen and oxygen atoms in total. The number of rotatable bonds is 3. The van der Waals surface area contributed by atoms with Crippen LogP contribution in [-0.4, -0.2) is 28.5 Å². The molecule has 1 unspecified atom stereocenters. The summed E-state index contributed by atoms with van der Waals surface area (Å²) in [4.78, 5) is 8.94. The molecule has 1 aliphatic rings. The highest BCUT2D eigenvalue weighted by Gasteiger charge is 2.14. The minimum Gasteiger partial charge on any atom is -0.365 e. The summed E-state index contributed by atoms with van der Waals surface area (Å²) < 4.78 is 0. The van der Waals surface area contributed by atoms with E-state index in [-0.39, 0.29) is 0 Å². The summed E-state index contributed by atoms with van der Waals surface area (Å²) >= 11 is 1.83. The van der Waals surface area contributed by atoms with Crippen LogP contribution in [0.1, 0.15) is 12.5 Å². The SMILES string of the molecule is CC1CN=C(NCCc2cccc3cccnc23)S1. The molecule has 2 heterocycles. The number of nitrogens with zero attached hydrogens (tertiary/aromatic N) is 2. The van der Waals surface area contributed by atoms with Crippen molar-refractivity contribution in [2.75, 3.05) is 13.1 Å². The normalized spacial score (nSPS) is 18.6. The first-order valence-electron chi connectivity index (χ1n) is 6.60. The third-order valence-corrected chi connectivity index (χ3v) is 4.24. The summed E-state index contributed by atoms with van der Waals surface area (Å²) in [6.45, 7) is 4.05. The van der Waals surface area contributed by atoms with Gasteiger partial charge in [-0.15, -0.1) is 0 Å². The molecule has 0 fully saturated rings. The Morgan fingerprint density at radius 2 is 2.21 bits per heavy atom. The minimum atomic E-state index is 0.613. The Kier molecular flexibility index (Phi) is 3.69. The third-order valence-electron chi connectivity index (χ3n) is 3.19. The highest BCUT2D eigenvalue weighted by Crippen LogP contribution is 2.19. The zero-order valence-electron chi connectivity index (χ0n) is 11.0. The second-order valence-electron chi connectivity index (χ2n) is 4.74. The van der Waals surface area contributed by atoms with E-state index < -0.39 is 0 Å². The summed E-state index contributed by atoms with van der Waals surface area (Å²) in [5, 5.41) is 6.32. The number of benzene rings is 1. The molecule has 3 rings (SSSR count). The Bertz CT molecular complexity index is 604. The maximum Gasteiger partial charge on any atom is 0.156 e. The van der Waals surface area contributed by atoms with Gasteiger partial charge in [0, 0.05) is 23.4 Å². The average molecular weight is 271 g/mol. The molecule has 0 saturated carbocycles. The summed E-state index contributed by atoms with van der Waals surface area (Å²) in [5.74, 6) is 0. The summed E-state index contributed by atoms with van der Waals surface area (Å²) in [6.07, 6.45) is 2.83. The van der Waals surface area contributed by atoms with Gasteiger partial charge in [0.1, 0.15) is 0 Å². The average Bonchev–Trinajstić information content (AvgIpc) is 2.85. The maximum absolute atomic E-state index is 4.48. The smallest absolute Gasteiger partial charge is 0.156 e. The molecule has 0 radical (unpaired) electrons. The predicted molar refractivity (Wildman–Crippen MR) is 82.8 cm³/mol. The number of aliphatic imine (C=N–C) groups is 1. The lowest BCUT2D eigenvalue weighted by atomic mass is 10.1. The van der Waals surface area contributed by atoms with Crippen molar-refractivity contribution >= 4 is 27.8 Å². The van der Waals surface area contributed by atoms with E-state index >= 15 is 0 Å². The fourth-order valence-electron chi connectivity index (χ4n) is 2.25. The lowest BCUT2D eigenvalue weighted by Crippen LogP contribution is -2.22. The van der Waals surface area contributed by atoms with Crippen LogP contribution in [0, 0.1) is 0 Å². The van der Waals surface area contributed by atoms with Crippen LogP contribution >= 0.6 is 11.8 Å². The largest absolute Gasteiger partial charge is 0.365 e. The minimum absolute atomic E-state index is 0.613. The number of hydrogen-bond acceptors (Lipinski definition) is 4. The zero-order valence-corrected chi connectivity index (χ0v) is 11.8. The molecule has 0 aliphatic carbocycles. The Labute approximate surface area is 117 Å². The first kappa shape index (κ1) is 12.5. The Balaban J connectivity index is 1.66. The second kappa shape index (κ2) is 5.61. The van der Waals surface area contributed by atoms with Crippen molar-refractivity contribution < 1.29 is 0 Å². The molecule has 1 aromatic carbocycles. The number of thioether (sulfide) groups is 1. The van der Waals surface area contributed by atoms with Gasteiger partial charge >= 0.3 is 0 Å². The Hall–Kier alpha value is -1.55. The van der Waals surface area contributed by atoms with E-state index in [0.717, 1.165) is 30.2 Å². The van der Waals surface area contributed by atoms with Crippen molar-refractivity contribution in [2.24, 2.45) is 4.99 Å². The summed E-state index contributed by atoms with van der Waals surface area (Å²) in [6, 6.07) is 10.5. The highest BCUT2D eigenvalue weighted by atomic mass is 32.2. The standard InChI is InChI=1S/C15H17N3S/c1-11-10-18-15(19-11)17-9-7-13-5-2-4-12-6-3-8-16-14(12)13/h2-6,8,11H,7,9-10H2,1H3,(H,17,18). The fourth-order valence-corrected chi connectivity index (χ4v) is 3.11. The van der Waals surface area contributed by atoms with Gasteiger partial charge in [-0.2, -0.15) is 0 Å². The molecule has 1 aromatic heterocycles. The van der Waals surface area contributed by atoms with Gasteiger partial charge in [-0.1, -0.05) is 43.0 Å². The van der Waals surface area contributed by atoms with Crippen molar-refractivity contribution in [3.05, 3.63) is 42.1 Å². The van der Waals surface area contributed by atoms with Gasteiger partial charge in [0.25, 0.3) is 0 Å². The molecule has 1 atom stereocenters. The van der Waals surface area contributed by atoms with Gasteiger partial charge < -0.3 is 5.32 Å². The van der Waals surface area contributed by atoms with Crippen molar-refractivity contribution in [3.63, 3.8) is 0 Å². The lowest BCUT2D eigenvalue weighted by molar-refractivity contribution is 0.872. The number of amidine groups is 1. The molecule has 1 aliphatic heterocycles. The number of pyridine rings is 1. The van der Waals surface area contributed by atoms with Crippen LogP contribution in [0.4, 0.5) is 0 Å². The maximum atomic E-state index is 4.48. The van der Waals surface area contributed by atoms with Crippen LogP contribution in [-0.2, 0) is 6.42 Å². The van der Waals surface area contributed by atoms with Crippen LogP contribution in [0.15, 0.2) is 41.5 Å². The van der Waals surface area contributed by atoms with Gasteiger partial charge in [0.2, 0.25) is 0 Å². The van der Waals surface area contributed by atoms with Gasteiger partial charge in [-0.3, -0.25) is 9.98 Å². The fraction of sp³-hybridized carbons (Fsp3) is 0.333. The molecular weight excluding hydrogens is 254 g/mol. The van der Waals surface area contributed by atoms with Crippen molar-refractivity contribution in [2.45, 2.75) is 18.6 Å². The molecular formula is C15H17N3S. The number of para-hydroxylation sites is 1. The van der Waals surface area contributed by atoms with Gasteiger partial charge in [0.05, 0.1) is 12.1 Å². The van der Waals surface area contributed by atoms with Crippen molar-refractivity contribution in [1.29, 1.82) is 0 Å². The highest BCUT2D eigenvalue weighted by molar-refractivity contribution is 8.14. The third kappa shape index (κ3) is 2.89. The summed E-state index contributed by atoms with van der Waals surface area (Å²) in [7, 11) is 0. The number of hydrogen-bond donors (Lipinski definition) is 1.